The zero-order valence-corrected chi connectivity index (χ0v) is 23.5. The Hall–Kier alpha value is -3.34. The van der Waals surface area contributed by atoms with Crippen molar-refractivity contribution in [2.75, 3.05) is 6.54 Å². The van der Waals surface area contributed by atoms with Crippen molar-refractivity contribution in [3.8, 4) is 0 Å². The van der Waals surface area contributed by atoms with Gasteiger partial charge in [-0.1, -0.05) is 39.3 Å². The second-order valence-electron chi connectivity index (χ2n) is 11.0. The van der Waals surface area contributed by atoms with Gasteiger partial charge in [-0.05, 0) is 63.6 Å². The number of amides is 4. The summed E-state index contributed by atoms with van der Waals surface area (Å²) in [6.07, 6.45) is 2.56. The van der Waals surface area contributed by atoms with Crippen molar-refractivity contribution in [2.45, 2.75) is 116 Å². The van der Waals surface area contributed by atoms with Gasteiger partial charge in [-0.3, -0.25) is 24.0 Å². The number of benzene rings is 1. The number of unbranched alkanes of at least 4 members (excludes halogenated alkanes) is 2. The maximum Gasteiger partial charge on any atom is 0.246 e. The predicted octanol–water partition coefficient (Wildman–Crippen LogP) is 2.16. The number of halogens is 1. The molecule has 2 fully saturated rings. The predicted molar refractivity (Wildman–Crippen MR) is 152 cm³/mol. The average molecular weight is 577 g/mol. The van der Waals surface area contributed by atoms with Crippen LogP contribution in [0.2, 0.25) is 0 Å². The third kappa shape index (κ3) is 8.82. The summed E-state index contributed by atoms with van der Waals surface area (Å²) in [7, 11) is 0. The molecule has 1 aromatic carbocycles. The van der Waals surface area contributed by atoms with E-state index in [0.717, 1.165) is 0 Å². The van der Waals surface area contributed by atoms with Crippen molar-refractivity contribution in [1.82, 2.24) is 20.9 Å². The summed E-state index contributed by atoms with van der Waals surface area (Å²) in [5.74, 6) is -2.52. The number of carbonyl (C=O) groups is 5. The molecule has 2 aliphatic rings. The van der Waals surface area contributed by atoms with E-state index in [4.69, 9.17) is 0 Å². The summed E-state index contributed by atoms with van der Waals surface area (Å²) in [5, 5.41) is 17.8. The Morgan fingerprint density at radius 3 is 2.39 bits per heavy atom. The highest BCUT2D eigenvalue weighted by Crippen LogP contribution is 2.22. The van der Waals surface area contributed by atoms with Crippen LogP contribution in [0.25, 0.3) is 0 Å². The normalized spacial score (nSPS) is 26.0. The molecular weight excluding hydrogens is 531 g/mol. The Bertz CT molecular complexity index is 1090. The molecule has 228 valence electrons. The van der Waals surface area contributed by atoms with Crippen LogP contribution in [0.5, 0.6) is 0 Å². The summed E-state index contributed by atoms with van der Waals surface area (Å²) in [6.45, 7) is 5.08. The molecule has 0 bridgehead atoms. The standard InChI is InChI=1S/C29H41FN4O6.CH4/c1-4-29(3)28(40)32-22(17-19-12-14-20(30)15-13-19)27(39)34-16-8-10-23(34)26(38)31-21(25(37)33-29)9-6-5-7-11-24(36)18(2)35;/h12-15,18,21-23,35H,4-11,16-17H2,1-3H3,(H,31,38)(H,32,40)(H,33,37);1H4/t18-,21+,22+,23-,29+;/m1./s1. The number of fused-ring (bicyclic) bond motifs is 1. The monoisotopic (exact) mass is 576 g/mol. The highest BCUT2D eigenvalue weighted by atomic mass is 19.1. The molecule has 1 aromatic rings. The molecule has 10 nitrogen and oxygen atoms in total. The lowest BCUT2D eigenvalue weighted by Crippen LogP contribution is -2.65. The van der Waals surface area contributed by atoms with E-state index in [1.807, 2.05) is 0 Å². The van der Waals surface area contributed by atoms with Crippen LogP contribution in [0.1, 0.15) is 85.1 Å². The van der Waals surface area contributed by atoms with Crippen LogP contribution >= 0.6 is 0 Å². The number of nitrogens with one attached hydrogen (secondary N) is 3. The smallest absolute Gasteiger partial charge is 0.246 e. The third-order valence-electron chi connectivity index (χ3n) is 7.92. The average Bonchev–Trinajstić information content (AvgIpc) is 3.41. The lowest BCUT2D eigenvalue weighted by Gasteiger charge is -2.36. The van der Waals surface area contributed by atoms with Gasteiger partial charge in [-0.15, -0.1) is 0 Å². The van der Waals surface area contributed by atoms with E-state index in [2.05, 4.69) is 16.0 Å². The number of Topliss-reactive ketones (excluding diaryl/α,β-unsaturated/α-hetero) is 1. The van der Waals surface area contributed by atoms with Gasteiger partial charge in [0.15, 0.2) is 5.78 Å². The Morgan fingerprint density at radius 1 is 1.07 bits per heavy atom. The van der Waals surface area contributed by atoms with Crippen molar-refractivity contribution in [3.05, 3.63) is 35.6 Å². The molecular formula is C30H45FN4O6. The van der Waals surface area contributed by atoms with Gasteiger partial charge in [0.25, 0.3) is 0 Å². The third-order valence-corrected chi connectivity index (χ3v) is 7.92. The van der Waals surface area contributed by atoms with Gasteiger partial charge in [-0.25, -0.2) is 4.39 Å². The van der Waals surface area contributed by atoms with E-state index < -0.39 is 59.2 Å². The quantitative estimate of drug-likeness (QED) is 0.314. The van der Waals surface area contributed by atoms with E-state index in [0.29, 0.717) is 44.2 Å². The second kappa shape index (κ2) is 15.0. The van der Waals surface area contributed by atoms with Crippen molar-refractivity contribution < 1.29 is 33.5 Å². The minimum absolute atomic E-state index is 0. The number of rotatable bonds is 10. The molecule has 0 aromatic heterocycles. The van der Waals surface area contributed by atoms with Crippen LogP contribution in [0.3, 0.4) is 0 Å². The molecule has 4 N–H and O–H groups in total. The summed E-state index contributed by atoms with van der Waals surface area (Å²) in [6, 6.07) is 2.95. The molecule has 4 amide bonds. The lowest BCUT2D eigenvalue weighted by molar-refractivity contribution is -0.144. The minimum Gasteiger partial charge on any atom is -0.386 e. The van der Waals surface area contributed by atoms with Gasteiger partial charge in [-0.2, -0.15) is 0 Å². The van der Waals surface area contributed by atoms with Gasteiger partial charge >= 0.3 is 0 Å². The number of ketones is 1. The molecule has 0 saturated carbocycles. The van der Waals surface area contributed by atoms with Crippen LogP contribution in [-0.4, -0.2) is 75.7 Å². The fourth-order valence-corrected chi connectivity index (χ4v) is 5.11. The summed E-state index contributed by atoms with van der Waals surface area (Å²) in [5.41, 5.74) is -0.709. The van der Waals surface area contributed by atoms with Crippen LogP contribution < -0.4 is 16.0 Å². The van der Waals surface area contributed by atoms with Gasteiger partial charge < -0.3 is 26.0 Å². The molecule has 2 saturated heterocycles. The minimum atomic E-state index is -1.35. The largest absolute Gasteiger partial charge is 0.386 e. The summed E-state index contributed by atoms with van der Waals surface area (Å²) < 4.78 is 13.5. The van der Waals surface area contributed by atoms with Gasteiger partial charge in [0.05, 0.1) is 0 Å². The van der Waals surface area contributed by atoms with E-state index in [1.165, 1.54) is 24.0 Å². The van der Waals surface area contributed by atoms with E-state index in [-0.39, 0.29) is 38.9 Å². The Balaban J connectivity index is 0.00000588. The molecule has 3 rings (SSSR count). The molecule has 41 heavy (non-hydrogen) atoms. The Labute approximate surface area is 241 Å². The van der Waals surface area contributed by atoms with Gasteiger partial charge in [0, 0.05) is 19.4 Å². The van der Waals surface area contributed by atoms with Crippen molar-refractivity contribution in [1.29, 1.82) is 0 Å². The van der Waals surface area contributed by atoms with Crippen LogP contribution in [-0.2, 0) is 30.4 Å². The molecule has 11 heteroatoms. The summed E-state index contributed by atoms with van der Waals surface area (Å²) in [4.78, 5) is 67.2. The van der Waals surface area contributed by atoms with E-state index >= 15 is 0 Å². The lowest BCUT2D eigenvalue weighted by atomic mass is 9.94. The Kier molecular flexibility index (Phi) is 12.4. The molecule has 2 aliphatic heterocycles. The molecule has 2 heterocycles. The number of aliphatic hydroxyl groups is 1. The number of hydrogen-bond donors (Lipinski definition) is 4. The number of aliphatic hydroxyl groups excluding tert-OH is 1. The van der Waals surface area contributed by atoms with Crippen molar-refractivity contribution >= 4 is 29.4 Å². The van der Waals surface area contributed by atoms with Crippen molar-refractivity contribution in [3.63, 3.8) is 0 Å². The van der Waals surface area contributed by atoms with Crippen molar-refractivity contribution in [2.24, 2.45) is 0 Å². The first-order valence-electron chi connectivity index (χ1n) is 14.1. The molecule has 5 atom stereocenters. The summed E-state index contributed by atoms with van der Waals surface area (Å²) >= 11 is 0. The molecule has 0 spiro atoms. The van der Waals surface area contributed by atoms with Crippen LogP contribution in [0.4, 0.5) is 4.39 Å². The molecule has 0 unspecified atom stereocenters. The highest BCUT2D eigenvalue weighted by molar-refractivity contribution is 5.99. The van der Waals surface area contributed by atoms with Crippen LogP contribution in [0, 0.1) is 5.82 Å². The first-order valence-corrected chi connectivity index (χ1v) is 14.1. The number of hydrogen-bond acceptors (Lipinski definition) is 6. The SMILES string of the molecule is C.CC[C@]1(C)NC(=O)[C@H](CCCCCC(=O)[C@@H](C)O)NC(=O)[C@H]2CCCN2C(=O)[C@H](Cc2ccc(F)cc2)NC1=O. The first-order chi connectivity index (χ1) is 18.9. The van der Waals surface area contributed by atoms with Gasteiger partial charge in [0.2, 0.25) is 23.6 Å². The highest BCUT2D eigenvalue weighted by Gasteiger charge is 2.43. The second-order valence-corrected chi connectivity index (χ2v) is 11.0. The number of carbonyl (C=O) groups excluding carboxylic acids is 5. The van der Waals surface area contributed by atoms with Crippen LogP contribution in [0.15, 0.2) is 24.3 Å². The topological polar surface area (TPSA) is 145 Å². The maximum atomic E-state index is 13.7. The molecule has 0 radical (unpaired) electrons. The fourth-order valence-electron chi connectivity index (χ4n) is 5.11. The van der Waals surface area contributed by atoms with E-state index in [1.54, 1.807) is 26.0 Å². The number of nitrogens with zero attached hydrogens (tertiary/aromatic N) is 1. The zero-order valence-electron chi connectivity index (χ0n) is 23.5. The molecule has 0 aliphatic carbocycles. The first kappa shape index (κ1) is 33.9. The van der Waals surface area contributed by atoms with E-state index in [9.17, 15) is 33.5 Å². The Morgan fingerprint density at radius 2 is 1.76 bits per heavy atom. The zero-order chi connectivity index (χ0) is 29.4. The fraction of sp³-hybridized carbons (Fsp3) is 0.633. The van der Waals surface area contributed by atoms with Gasteiger partial charge in [0.1, 0.15) is 35.6 Å². The maximum absolute atomic E-state index is 13.7.